The van der Waals surface area contributed by atoms with Gasteiger partial charge < -0.3 is 28.2 Å². The molecule has 2 fully saturated rings. The molecule has 1 N–H and O–H groups in total. The summed E-state index contributed by atoms with van der Waals surface area (Å²) in [6, 6.07) is 8.69. The smallest absolute Gasteiger partial charge is 0.192 e. The molecule has 3 unspecified atom stereocenters. The number of benzene rings is 1. The summed E-state index contributed by atoms with van der Waals surface area (Å²) in [6.45, 7) is 25.4. The molecule has 8 atom stereocenters. The molecule has 2 aliphatic heterocycles. The van der Waals surface area contributed by atoms with Crippen molar-refractivity contribution in [3.63, 3.8) is 0 Å². The van der Waals surface area contributed by atoms with Gasteiger partial charge in [0.15, 0.2) is 26.5 Å². The first kappa shape index (κ1) is 41.8. The molecule has 0 spiro atoms. The van der Waals surface area contributed by atoms with E-state index in [1.807, 2.05) is 6.07 Å². The Morgan fingerprint density at radius 3 is 2.08 bits per heavy atom. The molecule has 2 aliphatic rings. The number of aliphatic hydroxyl groups is 1. The molecule has 1 aromatic rings. The first-order valence-corrected chi connectivity index (χ1v) is 25.6. The summed E-state index contributed by atoms with van der Waals surface area (Å²) < 4.78 is 61.2. The molecular formula is C37H68O8SSi2. The molecule has 278 valence electrons. The second kappa shape index (κ2) is 16.8. The van der Waals surface area contributed by atoms with Crippen LogP contribution in [-0.4, -0.2) is 92.9 Å². The molecule has 3 rings (SSSR count). The van der Waals surface area contributed by atoms with Gasteiger partial charge in [0.25, 0.3) is 0 Å². The molecule has 0 bridgehead atoms. The summed E-state index contributed by atoms with van der Waals surface area (Å²) in [4.78, 5) is 0.315. The van der Waals surface area contributed by atoms with Crippen LogP contribution in [0.15, 0.2) is 35.2 Å². The number of hydrogen-bond acceptors (Lipinski definition) is 8. The maximum atomic E-state index is 13.8. The van der Waals surface area contributed by atoms with Crippen molar-refractivity contribution in [2.24, 2.45) is 11.8 Å². The fourth-order valence-corrected chi connectivity index (χ4v) is 10.7. The number of aliphatic hydroxyl groups excluding tert-OH is 1. The summed E-state index contributed by atoms with van der Waals surface area (Å²) in [5.74, 6) is 0.0298. The van der Waals surface area contributed by atoms with E-state index in [2.05, 4.69) is 74.7 Å². The van der Waals surface area contributed by atoms with Gasteiger partial charge in [-0.25, -0.2) is 8.42 Å². The minimum absolute atomic E-state index is 0.00975. The van der Waals surface area contributed by atoms with E-state index in [1.165, 1.54) is 0 Å². The molecular weight excluding hydrogens is 661 g/mol. The lowest BCUT2D eigenvalue weighted by atomic mass is 9.87. The third kappa shape index (κ3) is 11.2. The van der Waals surface area contributed by atoms with E-state index in [-0.39, 0.29) is 58.9 Å². The predicted molar refractivity (Wildman–Crippen MR) is 199 cm³/mol. The third-order valence-electron chi connectivity index (χ3n) is 11.5. The van der Waals surface area contributed by atoms with Crippen molar-refractivity contribution in [2.75, 3.05) is 26.1 Å². The van der Waals surface area contributed by atoms with Gasteiger partial charge in [-0.1, -0.05) is 66.7 Å². The standard InChI is InChI=1S/C37H68O8SSi2/c1-27-21-28(17-16-20-38)43-29(22-27)23-33-32(26-46(39,40)31-18-14-13-15-19-31)35(41-8)34(44-33)24-30(45-48(11,12)37(5,6)7)25-42-47(9,10)36(2,3)4/h13-15,18-19,27-30,32-35,38H,16-17,20-26H2,1-12H3/t27-,28?,29+,30?,32+,33+,34?,35-/m1/s1. The zero-order valence-corrected chi connectivity index (χ0v) is 34.9. The zero-order chi connectivity index (χ0) is 36.1. The molecule has 0 radical (unpaired) electrons. The van der Waals surface area contributed by atoms with Crippen molar-refractivity contribution in [3.8, 4) is 0 Å². The normalized spacial score (nSPS) is 28.5. The van der Waals surface area contributed by atoms with Crippen molar-refractivity contribution in [2.45, 2.75) is 165 Å². The molecule has 2 heterocycles. The van der Waals surface area contributed by atoms with Crippen molar-refractivity contribution in [1.82, 2.24) is 0 Å². The summed E-state index contributed by atoms with van der Waals surface area (Å²) in [5.41, 5.74) is 0. The summed E-state index contributed by atoms with van der Waals surface area (Å²) in [5, 5.41) is 9.50. The number of sulfone groups is 1. The lowest BCUT2D eigenvalue weighted by Crippen LogP contribution is -2.49. The maximum Gasteiger partial charge on any atom is 0.192 e. The van der Waals surface area contributed by atoms with Crippen LogP contribution in [0, 0.1) is 11.8 Å². The van der Waals surface area contributed by atoms with Crippen LogP contribution in [0.5, 0.6) is 0 Å². The van der Waals surface area contributed by atoms with Gasteiger partial charge in [0.1, 0.15) is 0 Å². The van der Waals surface area contributed by atoms with Crippen LogP contribution in [0.2, 0.25) is 36.3 Å². The summed E-state index contributed by atoms with van der Waals surface area (Å²) in [7, 11) is -6.19. The van der Waals surface area contributed by atoms with Crippen LogP contribution >= 0.6 is 0 Å². The molecule has 8 nitrogen and oxygen atoms in total. The molecule has 48 heavy (non-hydrogen) atoms. The second-order valence-electron chi connectivity index (χ2n) is 17.5. The Labute approximate surface area is 295 Å². The Morgan fingerprint density at radius 2 is 1.52 bits per heavy atom. The highest BCUT2D eigenvalue weighted by molar-refractivity contribution is 7.91. The molecule has 1 aromatic carbocycles. The largest absolute Gasteiger partial charge is 0.414 e. The summed E-state index contributed by atoms with van der Waals surface area (Å²) >= 11 is 0. The Hall–Kier alpha value is -0.636. The average Bonchev–Trinajstić information content (AvgIpc) is 3.27. The number of methoxy groups -OCH3 is 1. The maximum absolute atomic E-state index is 13.8. The molecule has 0 saturated carbocycles. The van der Waals surface area contributed by atoms with E-state index in [0.717, 1.165) is 19.3 Å². The number of hydrogen-bond donors (Lipinski definition) is 1. The van der Waals surface area contributed by atoms with Gasteiger partial charge in [0.05, 0.1) is 53.9 Å². The Bertz CT molecular complexity index is 1230. The Balaban J connectivity index is 1.94. The molecule has 0 amide bonds. The minimum atomic E-state index is -3.61. The lowest BCUT2D eigenvalue weighted by molar-refractivity contribution is -0.100. The zero-order valence-electron chi connectivity index (χ0n) is 32.1. The highest BCUT2D eigenvalue weighted by Crippen LogP contribution is 2.43. The van der Waals surface area contributed by atoms with Gasteiger partial charge in [0.2, 0.25) is 0 Å². The SMILES string of the molecule is CO[C@H]1C(CC(CO[Si](C)(C)C(C)(C)C)O[Si](C)(C)C(C)(C)C)O[C@@H](C[C@@H]2C[C@H](C)CC(CCCO)O2)[C@@H]1CS(=O)(=O)c1ccccc1. The van der Waals surface area contributed by atoms with Gasteiger partial charge >= 0.3 is 0 Å². The fraction of sp³-hybridized carbons (Fsp3) is 0.838. The average molecular weight is 729 g/mol. The van der Waals surface area contributed by atoms with Crippen LogP contribution in [-0.2, 0) is 32.9 Å². The first-order chi connectivity index (χ1) is 22.1. The second-order valence-corrected chi connectivity index (χ2v) is 29.1. The van der Waals surface area contributed by atoms with E-state index in [1.54, 1.807) is 31.4 Å². The first-order valence-electron chi connectivity index (χ1n) is 18.1. The van der Waals surface area contributed by atoms with Gasteiger partial charge in [0, 0.05) is 32.5 Å². The number of rotatable bonds is 16. The monoisotopic (exact) mass is 728 g/mol. The van der Waals surface area contributed by atoms with E-state index < -0.39 is 32.6 Å². The minimum Gasteiger partial charge on any atom is -0.414 e. The van der Waals surface area contributed by atoms with Crippen LogP contribution < -0.4 is 0 Å². The van der Waals surface area contributed by atoms with Crippen molar-refractivity contribution in [3.05, 3.63) is 30.3 Å². The Kier molecular flexibility index (Phi) is 14.6. The van der Waals surface area contributed by atoms with E-state index in [9.17, 15) is 13.5 Å². The van der Waals surface area contributed by atoms with E-state index in [4.69, 9.17) is 23.1 Å². The van der Waals surface area contributed by atoms with Gasteiger partial charge in [-0.3, -0.25) is 0 Å². The van der Waals surface area contributed by atoms with Crippen molar-refractivity contribution in [1.29, 1.82) is 0 Å². The van der Waals surface area contributed by atoms with Gasteiger partial charge in [-0.05, 0) is 80.0 Å². The van der Waals surface area contributed by atoms with Crippen molar-refractivity contribution < 1.29 is 36.6 Å². The molecule has 0 aliphatic carbocycles. The topological polar surface area (TPSA) is 101 Å². The van der Waals surface area contributed by atoms with Crippen LogP contribution in [0.4, 0.5) is 0 Å². The number of ether oxygens (including phenoxy) is 3. The van der Waals surface area contributed by atoms with E-state index >= 15 is 0 Å². The van der Waals surface area contributed by atoms with Crippen LogP contribution in [0.3, 0.4) is 0 Å². The van der Waals surface area contributed by atoms with Crippen LogP contribution in [0.1, 0.15) is 87.0 Å². The van der Waals surface area contributed by atoms with Gasteiger partial charge in [-0.2, -0.15) is 0 Å². The quantitative estimate of drug-likeness (QED) is 0.171. The van der Waals surface area contributed by atoms with Crippen molar-refractivity contribution >= 4 is 26.5 Å². The third-order valence-corrected chi connectivity index (χ3v) is 22.3. The lowest BCUT2D eigenvalue weighted by Gasteiger charge is -2.42. The molecule has 0 aromatic heterocycles. The van der Waals surface area contributed by atoms with Crippen LogP contribution in [0.25, 0.3) is 0 Å². The fourth-order valence-electron chi connectivity index (χ4n) is 6.63. The van der Waals surface area contributed by atoms with Gasteiger partial charge in [-0.15, -0.1) is 0 Å². The predicted octanol–water partition coefficient (Wildman–Crippen LogP) is 8.01. The van der Waals surface area contributed by atoms with E-state index in [0.29, 0.717) is 36.7 Å². The molecule has 11 heteroatoms. The Morgan fingerprint density at radius 1 is 0.917 bits per heavy atom. The highest BCUT2D eigenvalue weighted by Gasteiger charge is 2.50. The molecule has 2 saturated heterocycles. The summed E-state index contributed by atoms with van der Waals surface area (Å²) in [6.07, 6.45) is 3.21. The highest BCUT2D eigenvalue weighted by atomic mass is 32.2.